The van der Waals surface area contributed by atoms with Crippen molar-refractivity contribution >= 4 is 23.0 Å². The molecule has 27 heavy (non-hydrogen) atoms. The van der Waals surface area contributed by atoms with Crippen LogP contribution in [0, 0.1) is 0 Å². The van der Waals surface area contributed by atoms with Gasteiger partial charge in [-0.3, -0.25) is 0 Å². The number of morpholine rings is 1. The van der Waals surface area contributed by atoms with E-state index in [1.54, 1.807) is 7.11 Å². The van der Waals surface area contributed by atoms with Crippen molar-refractivity contribution in [1.29, 1.82) is 0 Å². The number of methoxy groups -OCH3 is 1. The van der Waals surface area contributed by atoms with Crippen LogP contribution in [0.4, 0.5) is 11.4 Å². The van der Waals surface area contributed by atoms with Crippen LogP contribution in [0.5, 0.6) is 11.5 Å². The van der Waals surface area contributed by atoms with Crippen LogP contribution in [-0.2, 0) is 11.3 Å². The second-order valence-corrected chi connectivity index (χ2v) is 7.18. The van der Waals surface area contributed by atoms with Crippen molar-refractivity contribution in [2.24, 2.45) is 0 Å². The van der Waals surface area contributed by atoms with Crippen molar-refractivity contribution < 1.29 is 14.2 Å². The molecule has 0 unspecified atom stereocenters. The second kappa shape index (κ2) is 9.20. The van der Waals surface area contributed by atoms with Gasteiger partial charge in [-0.25, -0.2) is 0 Å². The molecule has 0 aromatic heterocycles. The summed E-state index contributed by atoms with van der Waals surface area (Å²) >= 11 is 6.40. The summed E-state index contributed by atoms with van der Waals surface area (Å²) < 4.78 is 16.6. The number of ether oxygens (including phenoxy) is 3. The Morgan fingerprint density at radius 3 is 2.48 bits per heavy atom. The maximum Gasteiger partial charge on any atom is 0.180 e. The summed E-state index contributed by atoms with van der Waals surface area (Å²) in [5.41, 5.74) is 3.32. The normalized spacial score (nSPS) is 14.3. The fourth-order valence-corrected chi connectivity index (χ4v) is 3.32. The zero-order valence-electron chi connectivity index (χ0n) is 16.1. The molecule has 2 aromatic rings. The minimum Gasteiger partial charge on any atom is -0.493 e. The van der Waals surface area contributed by atoms with Gasteiger partial charge in [-0.1, -0.05) is 11.6 Å². The Hall–Kier alpha value is -2.11. The van der Waals surface area contributed by atoms with Crippen LogP contribution in [0.25, 0.3) is 0 Å². The summed E-state index contributed by atoms with van der Waals surface area (Å²) in [5, 5.41) is 3.99. The molecule has 0 radical (unpaired) electrons. The molecule has 0 amide bonds. The molecule has 1 aliphatic rings. The molecule has 1 fully saturated rings. The number of anilines is 2. The lowest BCUT2D eigenvalue weighted by Gasteiger charge is -2.29. The van der Waals surface area contributed by atoms with Crippen LogP contribution in [0.1, 0.15) is 19.4 Å². The number of benzene rings is 2. The molecule has 1 saturated heterocycles. The minimum absolute atomic E-state index is 0.0327. The highest BCUT2D eigenvalue weighted by molar-refractivity contribution is 6.32. The number of nitrogens with zero attached hydrogens (tertiary/aromatic N) is 1. The van der Waals surface area contributed by atoms with E-state index < -0.39 is 0 Å². The third-order valence-electron chi connectivity index (χ3n) is 4.38. The van der Waals surface area contributed by atoms with Crippen LogP contribution >= 0.6 is 11.6 Å². The Balaban J connectivity index is 1.64. The first-order valence-electron chi connectivity index (χ1n) is 9.26. The van der Waals surface area contributed by atoms with Gasteiger partial charge in [0.1, 0.15) is 0 Å². The lowest BCUT2D eigenvalue weighted by atomic mass is 10.2. The molecular formula is C21H27ClN2O3. The van der Waals surface area contributed by atoms with Crippen molar-refractivity contribution in [3.63, 3.8) is 0 Å². The topological polar surface area (TPSA) is 43.0 Å². The average molecular weight is 391 g/mol. The summed E-state index contributed by atoms with van der Waals surface area (Å²) in [6.45, 7) is 8.04. The molecule has 146 valence electrons. The van der Waals surface area contributed by atoms with Crippen molar-refractivity contribution in [2.45, 2.75) is 26.5 Å². The zero-order valence-corrected chi connectivity index (χ0v) is 16.9. The summed E-state index contributed by atoms with van der Waals surface area (Å²) in [6, 6.07) is 12.3. The minimum atomic E-state index is 0.0327. The van der Waals surface area contributed by atoms with Crippen LogP contribution in [-0.4, -0.2) is 39.5 Å². The Morgan fingerprint density at radius 2 is 1.85 bits per heavy atom. The van der Waals surface area contributed by atoms with E-state index in [0.29, 0.717) is 23.1 Å². The predicted molar refractivity (Wildman–Crippen MR) is 111 cm³/mol. The van der Waals surface area contributed by atoms with Gasteiger partial charge < -0.3 is 24.4 Å². The summed E-state index contributed by atoms with van der Waals surface area (Å²) in [5.74, 6) is 1.24. The molecule has 1 heterocycles. The zero-order chi connectivity index (χ0) is 19.2. The van der Waals surface area contributed by atoms with Crippen molar-refractivity contribution in [1.82, 2.24) is 0 Å². The predicted octanol–water partition coefficient (Wildman–Crippen LogP) is 4.58. The first-order chi connectivity index (χ1) is 13.1. The molecule has 0 saturated carbocycles. The van der Waals surface area contributed by atoms with Gasteiger partial charge in [0.05, 0.1) is 31.5 Å². The van der Waals surface area contributed by atoms with Crippen molar-refractivity contribution in [3.05, 3.63) is 47.0 Å². The fraction of sp³-hybridized carbons (Fsp3) is 0.429. The van der Waals surface area contributed by atoms with Gasteiger partial charge >= 0.3 is 0 Å². The molecule has 5 nitrogen and oxygen atoms in total. The molecule has 0 spiro atoms. The van der Waals surface area contributed by atoms with E-state index in [9.17, 15) is 0 Å². The van der Waals surface area contributed by atoms with Crippen molar-refractivity contribution in [3.8, 4) is 11.5 Å². The number of rotatable bonds is 7. The van der Waals surface area contributed by atoms with Crippen LogP contribution in [0.2, 0.25) is 5.02 Å². The molecule has 0 aliphatic carbocycles. The molecule has 2 aromatic carbocycles. The third-order valence-corrected chi connectivity index (χ3v) is 4.66. The van der Waals surface area contributed by atoms with E-state index >= 15 is 0 Å². The quantitative estimate of drug-likeness (QED) is 0.749. The van der Waals surface area contributed by atoms with Crippen LogP contribution in [0.3, 0.4) is 0 Å². The SMILES string of the molecule is COc1cc(CNc2ccc(N3CCOCC3)cc2)cc(Cl)c1OC(C)C. The smallest absolute Gasteiger partial charge is 0.180 e. The monoisotopic (exact) mass is 390 g/mol. The lowest BCUT2D eigenvalue weighted by Crippen LogP contribution is -2.36. The van der Waals surface area contributed by atoms with Gasteiger partial charge in [0, 0.05) is 31.0 Å². The van der Waals surface area contributed by atoms with E-state index in [-0.39, 0.29) is 6.10 Å². The van der Waals surface area contributed by atoms with Gasteiger partial charge in [0.25, 0.3) is 0 Å². The highest BCUT2D eigenvalue weighted by Gasteiger charge is 2.14. The van der Waals surface area contributed by atoms with Crippen LogP contribution < -0.4 is 19.7 Å². The second-order valence-electron chi connectivity index (χ2n) is 6.78. The van der Waals surface area contributed by atoms with Gasteiger partial charge in [0.2, 0.25) is 0 Å². The van der Waals surface area contributed by atoms with E-state index in [1.807, 2.05) is 26.0 Å². The number of halogens is 1. The molecular weight excluding hydrogens is 364 g/mol. The molecule has 3 rings (SSSR count). The number of hydrogen-bond donors (Lipinski definition) is 1. The van der Waals surface area contributed by atoms with E-state index in [0.717, 1.165) is 37.6 Å². The third kappa shape index (κ3) is 5.21. The van der Waals surface area contributed by atoms with Crippen molar-refractivity contribution in [2.75, 3.05) is 43.6 Å². The Morgan fingerprint density at radius 1 is 1.15 bits per heavy atom. The van der Waals surface area contributed by atoms with Gasteiger partial charge in [0.15, 0.2) is 11.5 Å². The summed E-state index contributed by atoms with van der Waals surface area (Å²) in [7, 11) is 1.63. The molecule has 6 heteroatoms. The van der Waals surface area contributed by atoms with E-state index in [4.69, 9.17) is 25.8 Å². The first-order valence-corrected chi connectivity index (χ1v) is 9.64. The number of nitrogens with one attached hydrogen (secondary N) is 1. The highest BCUT2D eigenvalue weighted by atomic mass is 35.5. The Bertz CT molecular complexity index is 744. The first kappa shape index (κ1) is 19.6. The molecule has 0 bridgehead atoms. The Labute approximate surface area is 166 Å². The van der Waals surface area contributed by atoms with E-state index in [2.05, 4.69) is 34.5 Å². The highest BCUT2D eigenvalue weighted by Crippen LogP contribution is 2.37. The Kier molecular flexibility index (Phi) is 6.69. The van der Waals surface area contributed by atoms with E-state index in [1.165, 1.54) is 5.69 Å². The summed E-state index contributed by atoms with van der Waals surface area (Å²) in [6.07, 6.45) is 0.0327. The van der Waals surface area contributed by atoms with Gasteiger partial charge in [-0.15, -0.1) is 0 Å². The largest absolute Gasteiger partial charge is 0.493 e. The maximum absolute atomic E-state index is 6.40. The number of hydrogen-bond acceptors (Lipinski definition) is 5. The average Bonchev–Trinajstić information content (AvgIpc) is 2.69. The van der Waals surface area contributed by atoms with Gasteiger partial charge in [-0.05, 0) is 55.8 Å². The fourth-order valence-electron chi connectivity index (χ4n) is 3.04. The summed E-state index contributed by atoms with van der Waals surface area (Å²) in [4.78, 5) is 2.34. The molecule has 1 N–H and O–H groups in total. The lowest BCUT2D eigenvalue weighted by molar-refractivity contribution is 0.122. The standard InChI is InChI=1S/C21H27ClN2O3/c1-15(2)27-21-19(22)12-16(13-20(21)25-3)14-23-17-4-6-18(7-5-17)24-8-10-26-11-9-24/h4-7,12-13,15,23H,8-11,14H2,1-3H3. The van der Waals surface area contributed by atoms with Gasteiger partial charge in [-0.2, -0.15) is 0 Å². The van der Waals surface area contributed by atoms with Crippen LogP contribution in [0.15, 0.2) is 36.4 Å². The maximum atomic E-state index is 6.40. The molecule has 0 atom stereocenters. The molecule has 1 aliphatic heterocycles.